The van der Waals surface area contributed by atoms with Gasteiger partial charge in [0.25, 0.3) is 0 Å². The van der Waals surface area contributed by atoms with Gasteiger partial charge in [0, 0.05) is 86.8 Å². The van der Waals surface area contributed by atoms with Crippen molar-refractivity contribution in [3.05, 3.63) is 339 Å². The summed E-state index contributed by atoms with van der Waals surface area (Å²) in [7, 11) is 6.18. The van der Waals surface area contributed by atoms with Crippen LogP contribution in [0.4, 0.5) is 0 Å². The van der Waals surface area contributed by atoms with Crippen LogP contribution in [-0.2, 0) is 32.2 Å². The first kappa shape index (κ1) is 92.6. The molecular weight excluding hydrogens is 1500 g/mol. The van der Waals surface area contributed by atoms with Gasteiger partial charge in [0.2, 0.25) is 0 Å². The van der Waals surface area contributed by atoms with E-state index in [1.54, 1.807) is 0 Å². The van der Waals surface area contributed by atoms with Gasteiger partial charge < -0.3 is 15.0 Å². The maximum atomic E-state index is 6.05. The summed E-state index contributed by atoms with van der Waals surface area (Å²) >= 11 is 0. The fraction of sp³-hybridized carbons (Fsp3) is 0.342. The largest absolute Gasteiger partial charge is 0.457 e. The summed E-state index contributed by atoms with van der Waals surface area (Å²) in [4.78, 5) is 18.1. The monoisotopic (exact) mass is 1630 g/mol. The number of aromatic nitrogens is 1. The van der Waals surface area contributed by atoms with Crippen molar-refractivity contribution in [1.82, 2.24) is 39.7 Å². The molecule has 634 valence electrons. The molecule has 0 amide bonds. The summed E-state index contributed by atoms with van der Waals surface area (Å²) in [6.45, 7) is 20.6. The molecule has 0 radical (unpaired) electrons. The number of ether oxygens (including phenoxy) is 1. The summed E-state index contributed by atoms with van der Waals surface area (Å²) < 4.78 is 6.05. The molecule has 1 unspecified atom stereocenters. The van der Waals surface area contributed by atoms with Gasteiger partial charge >= 0.3 is 0 Å². The van der Waals surface area contributed by atoms with Crippen molar-refractivity contribution < 1.29 is 4.74 Å². The van der Waals surface area contributed by atoms with Crippen molar-refractivity contribution in [3.8, 4) is 72.0 Å². The normalized spacial score (nSPS) is 15.2. The fourth-order valence-electron chi connectivity index (χ4n) is 17.5. The van der Waals surface area contributed by atoms with E-state index in [9.17, 15) is 0 Å². The number of likely N-dealkylation sites (N-methyl/N-ethyl adjacent to an activating group) is 1. The molecule has 9 nitrogen and oxygen atoms in total. The van der Waals surface area contributed by atoms with Gasteiger partial charge in [-0.05, 0) is 268 Å². The number of pyridine rings is 1. The van der Waals surface area contributed by atoms with Gasteiger partial charge in [-0.1, -0.05) is 282 Å². The molecule has 2 saturated heterocycles. The number of nitrogens with zero attached hydrogens (tertiary/aromatic N) is 7. The van der Waals surface area contributed by atoms with Crippen LogP contribution < -0.4 is 10.1 Å². The highest BCUT2D eigenvalue weighted by Crippen LogP contribution is 2.45. The Kier molecular flexibility index (Phi) is 37.0. The molecule has 0 bridgehead atoms. The van der Waals surface area contributed by atoms with Crippen molar-refractivity contribution >= 4 is 34.1 Å². The van der Waals surface area contributed by atoms with E-state index in [1.165, 1.54) is 201 Å². The smallest absolute Gasteiger partial charge is 0.131 e. The zero-order valence-electron chi connectivity index (χ0n) is 73.4. The van der Waals surface area contributed by atoms with Gasteiger partial charge in [0.05, 0.1) is 26.2 Å². The van der Waals surface area contributed by atoms with Crippen molar-refractivity contribution in [3.63, 3.8) is 0 Å². The first-order valence-electron chi connectivity index (χ1n) is 44.7. The lowest BCUT2D eigenvalue weighted by molar-refractivity contribution is 0.269. The first-order valence-corrected chi connectivity index (χ1v) is 44.7. The summed E-state index contributed by atoms with van der Waals surface area (Å²) in [5.74, 6) is 13.3. The van der Waals surface area contributed by atoms with E-state index in [2.05, 4.69) is 341 Å². The summed E-state index contributed by atoms with van der Waals surface area (Å²) in [5, 5.41) is 6.23. The molecule has 11 aromatic rings. The lowest BCUT2D eigenvalue weighted by atomic mass is 9.87. The maximum absolute atomic E-state index is 6.05. The van der Waals surface area contributed by atoms with E-state index in [1.807, 2.05) is 37.6 Å². The number of rotatable bonds is 21. The molecule has 2 atom stereocenters. The predicted molar refractivity (Wildman–Crippen MR) is 524 cm³/mol. The lowest BCUT2D eigenvalue weighted by Crippen LogP contribution is -2.29. The van der Waals surface area contributed by atoms with Gasteiger partial charge in [-0.25, -0.2) is 0 Å². The Bertz CT molecular complexity index is 5270. The number of benzene rings is 10. The average Bonchev–Trinajstić information content (AvgIpc) is 1.62. The lowest BCUT2D eigenvalue weighted by Gasteiger charge is -2.31. The maximum Gasteiger partial charge on any atom is 0.131 e. The molecule has 123 heavy (non-hydrogen) atoms. The zero-order valence-corrected chi connectivity index (χ0v) is 73.4. The molecule has 1 N–H and O–H groups in total. The molecule has 4 aliphatic heterocycles. The molecule has 5 heterocycles. The van der Waals surface area contributed by atoms with Crippen molar-refractivity contribution in [1.29, 1.82) is 0 Å². The minimum Gasteiger partial charge on any atom is -0.457 e. The summed E-state index contributed by atoms with van der Waals surface area (Å²) in [6.07, 6.45) is 47.3. The van der Waals surface area contributed by atoms with E-state index in [0.29, 0.717) is 31.1 Å². The number of unbranched alkanes of at least 4 members (excludes halogenated alkanes) is 2. The van der Waals surface area contributed by atoms with E-state index in [0.717, 1.165) is 95.6 Å². The standard InChI is InChI=1S/C23H21N.C20H21N.C20H19N.C18H19NO.C11H13N.C11H21N.C10H14N2.CH4/c1-2-14-24-15-12-20-17-19-10-6-7-11-21(19)23(22(20)13-16-24)18-8-4-3-5-9-18;1-2-8-17-14-19(15-21-11-5-6-12-21)20-10-4-3-9-18(20)13-16(17)7-1;1-3-12-21(2)15-19-14-17-9-5-4-8-16(17)13-18-10-6-7-11-20(18)19;1-3-9-17-14(7-1)16(13-19-11-5-6-12-19)15-8-2-4-10-18(15)20-17;1-3-9-12(2)10-11-7-5-4-6-8-11;1-5-7-8-9-11(3)12(4)10-6-2;1-8(12-10-2-3-10)9-4-6-11-7-5-9;/h1,3-11,17H,12-16H2;1-4,7-10,14H,5-6,11-13,15H2;1,4-11,14H,12-13,15H2,2H3;1-4,7-10,16H,5-6,11-13H2;1,4-8H,9-10H2,2H3;2,11H,5,7-10H2,1,3-4H3;4-8,10,12H,2-3H2,1H3;1H4/t;;;;;11-;;/m.....1../s1. The van der Waals surface area contributed by atoms with Gasteiger partial charge in [0.15, 0.2) is 0 Å². The quantitative estimate of drug-likeness (QED) is 0.0560. The van der Waals surface area contributed by atoms with Crippen LogP contribution in [0.3, 0.4) is 0 Å². The molecule has 10 aromatic carbocycles. The Morgan fingerprint density at radius 1 is 0.496 bits per heavy atom. The van der Waals surface area contributed by atoms with Crippen LogP contribution in [-0.4, -0.2) is 153 Å². The van der Waals surface area contributed by atoms with E-state index < -0.39 is 0 Å². The molecule has 1 aromatic heterocycles. The number of fused-ring (bicyclic) bond motifs is 8. The van der Waals surface area contributed by atoms with Crippen LogP contribution in [0.5, 0.6) is 11.5 Å². The van der Waals surface area contributed by atoms with Crippen LogP contribution in [0, 0.1) is 49.4 Å². The molecule has 7 aliphatic rings. The van der Waals surface area contributed by atoms with E-state index >= 15 is 0 Å². The Labute approximate surface area is 739 Å². The second-order valence-electron chi connectivity index (χ2n) is 33.7. The second kappa shape index (κ2) is 49.2. The van der Waals surface area contributed by atoms with Crippen LogP contribution in [0.25, 0.3) is 45.2 Å². The third kappa shape index (κ3) is 27.7. The number of para-hydroxylation sites is 2. The van der Waals surface area contributed by atoms with Gasteiger partial charge in [-0.2, -0.15) is 0 Å². The number of hydrogen-bond acceptors (Lipinski definition) is 9. The Morgan fingerprint density at radius 2 is 1.01 bits per heavy atom. The Morgan fingerprint density at radius 3 is 1.60 bits per heavy atom. The number of nitrogens with one attached hydrogen (secondary N) is 1. The highest BCUT2D eigenvalue weighted by molar-refractivity contribution is 5.99. The third-order valence-corrected chi connectivity index (χ3v) is 24.3. The van der Waals surface area contributed by atoms with Crippen molar-refractivity contribution in [2.45, 2.75) is 149 Å². The molecular formula is C114H132N8O. The molecule has 18 rings (SSSR count). The van der Waals surface area contributed by atoms with Crippen molar-refractivity contribution in [2.24, 2.45) is 0 Å². The SMILES string of the molecule is C.C#CCN(C)CC1=Cc2ccccc2Cc2ccccc21.C#CCN(C)Cc1ccccc1.C#CCN(C)[C@H](C)CCCCC.C#CCN1CCc2cc3ccccc3c(-c3ccccc3)c2CC1.C1=C(CN2CCCC2)c2ccccc2Cc2ccccc21.CC(NC1CC1)c1ccncc1.c1ccc2c(c1)Oc1ccccc1C2CN1CCCC1. The van der Waals surface area contributed by atoms with Crippen molar-refractivity contribution in [2.75, 3.05) is 106 Å². The minimum atomic E-state index is 0. The Hall–Kier alpha value is -11.2. The van der Waals surface area contributed by atoms with Crippen LogP contribution in [0.2, 0.25) is 0 Å². The Balaban J connectivity index is 0.000000142. The van der Waals surface area contributed by atoms with Crippen LogP contribution in [0.1, 0.15) is 182 Å². The van der Waals surface area contributed by atoms with Gasteiger partial charge in [-0.3, -0.25) is 29.5 Å². The topological polar surface area (TPSA) is 53.6 Å². The average molecular weight is 1630 g/mol. The number of likely N-dealkylation sites (tertiary alicyclic amines) is 2. The predicted octanol–water partition coefficient (Wildman–Crippen LogP) is 23.3. The first-order chi connectivity index (χ1) is 59.9. The third-order valence-electron chi connectivity index (χ3n) is 24.3. The van der Waals surface area contributed by atoms with Crippen LogP contribution in [0.15, 0.2) is 261 Å². The van der Waals surface area contributed by atoms with E-state index in [-0.39, 0.29) is 7.43 Å². The number of hydrogen-bond donors (Lipinski definition) is 1. The molecule has 3 fully saturated rings. The van der Waals surface area contributed by atoms with Crippen LogP contribution >= 0.6 is 0 Å². The fourth-order valence-corrected chi connectivity index (χ4v) is 17.5. The minimum absolute atomic E-state index is 0. The summed E-state index contributed by atoms with van der Waals surface area (Å²) in [5.41, 5.74) is 25.0. The molecule has 3 aliphatic carbocycles. The second-order valence-corrected chi connectivity index (χ2v) is 33.7. The molecule has 0 spiro atoms. The highest BCUT2D eigenvalue weighted by atomic mass is 16.5. The van der Waals surface area contributed by atoms with E-state index in [4.69, 9.17) is 30.4 Å². The van der Waals surface area contributed by atoms with Gasteiger partial charge in [0.1, 0.15) is 11.5 Å². The molecule has 9 heteroatoms. The summed E-state index contributed by atoms with van der Waals surface area (Å²) in [6, 6.07) is 90.3. The number of terminal acetylenes is 4. The zero-order chi connectivity index (χ0) is 85.0. The molecule has 1 saturated carbocycles. The highest BCUT2D eigenvalue weighted by Gasteiger charge is 2.30. The van der Waals surface area contributed by atoms with Gasteiger partial charge in [-0.15, -0.1) is 25.7 Å².